The van der Waals surface area contributed by atoms with Crippen molar-refractivity contribution in [3.05, 3.63) is 71.6 Å². The van der Waals surface area contributed by atoms with Crippen LogP contribution < -0.4 is 5.32 Å². The molecule has 0 bridgehead atoms. The van der Waals surface area contributed by atoms with Crippen LogP contribution in [0.15, 0.2) is 59.0 Å². The molecule has 0 atom stereocenters. The van der Waals surface area contributed by atoms with Crippen molar-refractivity contribution in [2.75, 3.05) is 6.54 Å². The molecule has 3 aromatic rings. The maximum absolute atomic E-state index is 12.0. The summed E-state index contributed by atoms with van der Waals surface area (Å²) in [6, 6.07) is 17.0. The maximum atomic E-state index is 12.0. The van der Waals surface area contributed by atoms with Crippen molar-refractivity contribution in [3.63, 3.8) is 0 Å². The number of hydrogen-bond acceptors (Lipinski definition) is 4. The average Bonchev–Trinajstić information content (AvgIpc) is 3.05. The van der Waals surface area contributed by atoms with Gasteiger partial charge in [0.15, 0.2) is 0 Å². The smallest absolute Gasteiger partial charge is 0.251 e. The summed E-state index contributed by atoms with van der Waals surface area (Å²) in [7, 11) is 0. The van der Waals surface area contributed by atoms with E-state index in [1.165, 1.54) is 0 Å². The van der Waals surface area contributed by atoms with Crippen LogP contribution >= 0.6 is 0 Å². The second-order valence-corrected chi connectivity index (χ2v) is 5.24. The molecule has 0 aliphatic heterocycles. The van der Waals surface area contributed by atoms with Gasteiger partial charge in [0, 0.05) is 24.1 Å². The topological polar surface area (TPSA) is 68.0 Å². The maximum Gasteiger partial charge on any atom is 0.251 e. The third kappa shape index (κ3) is 3.83. The predicted molar refractivity (Wildman–Crippen MR) is 87.0 cm³/mol. The summed E-state index contributed by atoms with van der Waals surface area (Å²) in [6.07, 6.45) is 0.497. The van der Waals surface area contributed by atoms with E-state index in [1.807, 2.05) is 61.5 Å². The van der Waals surface area contributed by atoms with Gasteiger partial charge >= 0.3 is 0 Å². The molecule has 1 amide bonds. The van der Waals surface area contributed by atoms with Gasteiger partial charge in [0.05, 0.1) is 0 Å². The van der Waals surface area contributed by atoms with Gasteiger partial charge in [0.1, 0.15) is 0 Å². The number of hydrogen-bond donors (Lipinski definition) is 1. The number of carbonyl (C=O) groups is 1. The summed E-state index contributed by atoms with van der Waals surface area (Å²) in [5, 5.41) is 10.9. The zero-order valence-electron chi connectivity index (χ0n) is 12.8. The summed E-state index contributed by atoms with van der Waals surface area (Å²) < 4.78 is 5.60. The first-order chi connectivity index (χ1) is 11.2. The summed E-state index contributed by atoms with van der Waals surface area (Å²) >= 11 is 0. The van der Waals surface area contributed by atoms with Crippen LogP contribution in [0.3, 0.4) is 0 Å². The largest absolute Gasteiger partial charge is 0.421 e. The third-order valence-electron chi connectivity index (χ3n) is 3.43. The van der Waals surface area contributed by atoms with Gasteiger partial charge in [0.25, 0.3) is 5.91 Å². The van der Waals surface area contributed by atoms with Crippen molar-refractivity contribution in [1.82, 2.24) is 15.5 Å². The van der Waals surface area contributed by atoms with E-state index < -0.39 is 0 Å². The molecule has 1 N–H and O–H groups in total. The van der Waals surface area contributed by atoms with Gasteiger partial charge in [-0.2, -0.15) is 0 Å². The molecule has 116 valence electrons. The van der Waals surface area contributed by atoms with Crippen LogP contribution in [0.25, 0.3) is 11.5 Å². The van der Waals surface area contributed by atoms with Crippen molar-refractivity contribution < 1.29 is 9.21 Å². The average molecular weight is 307 g/mol. The normalized spacial score (nSPS) is 10.5. The first-order valence-electron chi connectivity index (χ1n) is 7.45. The zero-order chi connectivity index (χ0) is 16.1. The number of amides is 1. The first-order valence-corrected chi connectivity index (χ1v) is 7.45. The quantitative estimate of drug-likeness (QED) is 0.786. The monoisotopic (exact) mass is 307 g/mol. The van der Waals surface area contributed by atoms with Crippen LogP contribution in [0.4, 0.5) is 0 Å². The molecule has 3 rings (SSSR count). The molecule has 0 aliphatic rings. The number of carbonyl (C=O) groups excluding carboxylic acids is 1. The lowest BCUT2D eigenvalue weighted by atomic mass is 10.1. The Kier molecular flexibility index (Phi) is 4.47. The minimum atomic E-state index is -0.104. The lowest BCUT2D eigenvalue weighted by molar-refractivity contribution is 0.0953. The number of benzene rings is 2. The molecule has 1 aromatic heterocycles. The zero-order valence-corrected chi connectivity index (χ0v) is 12.8. The Bertz CT molecular complexity index is 780. The van der Waals surface area contributed by atoms with Crippen LogP contribution in [0.5, 0.6) is 0 Å². The van der Waals surface area contributed by atoms with Gasteiger partial charge in [0.2, 0.25) is 11.8 Å². The molecule has 1 heterocycles. The minimum absolute atomic E-state index is 0.104. The number of nitrogens with zero attached hydrogens (tertiary/aromatic N) is 2. The van der Waals surface area contributed by atoms with Crippen LogP contribution in [-0.4, -0.2) is 22.6 Å². The second kappa shape index (κ2) is 6.87. The number of aryl methyl sites for hydroxylation is 1. The van der Waals surface area contributed by atoms with Crippen molar-refractivity contribution in [2.24, 2.45) is 0 Å². The van der Waals surface area contributed by atoms with Crippen LogP contribution in [0, 0.1) is 6.92 Å². The van der Waals surface area contributed by atoms with Gasteiger partial charge in [-0.25, -0.2) is 0 Å². The number of rotatable bonds is 5. The lowest BCUT2D eigenvalue weighted by Crippen LogP contribution is -2.25. The molecule has 0 saturated carbocycles. The van der Waals surface area contributed by atoms with Crippen LogP contribution in [-0.2, 0) is 6.42 Å². The number of aromatic nitrogens is 2. The van der Waals surface area contributed by atoms with Crippen LogP contribution in [0.1, 0.15) is 21.8 Å². The Labute approximate surface area is 134 Å². The van der Waals surface area contributed by atoms with E-state index >= 15 is 0 Å². The van der Waals surface area contributed by atoms with E-state index in [9.17, 15) is 4.79 Å². The Morgan fingerprint density at radius 2 is 1.78 bits per heavy atom. The first kappa shape index (κ1) is 15.0. The molecule has 0 radical (unpaired) electrons. The molecule has 0 saturated heterocycles. The molecule has 5 heteroatoms. The van der Waals surface area contributed by atoms with E-state index in [2.05, 4.69) is 15.5 Å². The molecule has 0 unspecified atom stereocenters. The fraction of sp³-hybridized carbons (Fsp3) is 0.167. The Morgan fingerprint density at radius 3 is 2.52 bits per heavy atom. The third-order valence-corrected chi connectivity index (χ3v) is 3.43. The molecule has 0 fully saturated rings. The van der Waals surface area contributed by atoms with Gasteiger partial charge in [-0.1, -0.05) is 35.9 Å². The van der Waals surface area contributed by atoms with E-state index in [1.54, 1.807) is 0 Å². The van der Waals surface area contributed by atoms with Crippen molar-refractivity contribution in [3.8, 4) is 11.5 Å². The molecule has 5 nitrogen and oxygen atoms in total. The van der Waals surface area contributed by atoms with E-state index in [4.69, 9.17) is 4.42 Å². The highest BCUT2D eigenvalue weighted by Crippen LogP contribution is 2.16. The fourth-order valence-corrected chi connectivity index (χ4v) is 2.14. The standard InChI is InChI=1S/C18H17N3O2/c1-13-7-9-14(10-8-13)17(22)19-12-11-16-20-21-18(23-16)15-5-3-2-4-6-15/h2-10H,11-12H2,1H3,(H,19,22). The minimum Gasteiger partial charge on any atom is -0.421 e. The molecule has 23 heavy (non-hydrogen) atoms. The predicted octanol–water partition coefficient (Wildman–Crippen LogP) is 3.02. The van der Waals surface area contributed by atoms with Gasteiger partial charge < -0.3 is 9.73 Å². The molecular formula is C18H17N3O2. The highest BCUT2D eigenvalue weighted by molar-refractivity contribution is 5.94. The van der Waals surface area contributed by atoms with Crippen molar-refractivity contribution in [2.45, 2.75) is 13.3 Å². The summed E-state index contributed by atoms with van der Waals surface area (Å²) in [6.45, 7) is 2.44. The Hall–Kier alpha value is -2.95. The van der Waals surface area contributed by atoms with E-state index in [-0.39, 0.29) is 5.91 Å². The van der Waals surface area contributed by atoms with Crippen molar-refractivity contribution in [1.29, 1.82) is 0 Å². The highest BCUT2D eigenvalue weighted by atomic mass is 16.4. The Morgan fingerprint density at radius 1 is 1.04 bits per heavy atom. The lowest BCUT2D eigenvalue weighted by Gasteiger charge is -2.03. The SMILES string of the molecule is Cc1ccc(C(=O)NCCc2nnc(-c3ccccc3)o2)cc1. The molecule has 0 spiro atoms. The molecular weight excluding hydrogens is 290 g/mol. The Balaban J connectivity index is 1.54. The van der Waals surface area contributed by atoms with E-state index in [0.717, 1.165) is 11.1 Å². The van der Waals surface area contributed by atoms with Gasteiger partial charge in [-0.05, 0) is 31.2 Å². The molecule has 0 aliphatic carbocycles. The summed E-state index contributed by atoms with van der Waals surface area (Å²) in [5.74, 6) is 0.895. The fourth-order valence-electron chi connectivity index (χ4n) is 2.14. The summed E-state index contributed by atoms with van der Waals surface area (Å²) in [4.78, 5) is 12.0. The van der Waals surface area contributed by atoms with Gasteiger partial charge in [-0.3, -0.25) is 4.79 Å². The molecule has 2 aromatic carbocycles. The summed E-state index contributed by atoms with van der Waals surface area (Å²) in [5.41, 5.74) is 2.65. The van der Waals surface area contributed by atoms with Crippen LogP contribution in [0.2, 0.25) is 0 Å². The van der Waals surface area contributed by atoms with Gasteiger partial charge in [-0.15, -0.1) is 10.2 Å². The number of nitrogens with one attached hydrogen (secondary N) is 1. The second-order valence-electron chi connectivity index (χ2n) is 5.24. The van der Waals surface area contributed by atoms with E-state index in [0.29, 0.717) is 30.3 Å². The van der Waals surface area contributed by atoms with Crippen molar-refractivity contribution >= 4 is 5.91 Å². The highest BCUT2D eigenvalue weighted by Gasteiger charge is 2.09.